The van der Waals surface area contributed by atoms with Crippen LogP contribution < -0.4 is 0 Å². The predicted octanol–water partition coefficient (Wildman–Crippen LogP) is -2.07. The normalized spacial score (nSPS) is 38.4. The maximum Gasteiger partial charge on any atom is 0.335 e. The summed E-state index contributed by atoms with van der Waals surface area (Å²) >= 11 is 0. The second kappa shape index (κ2) is 6.41. The highest BCUT2D eigenvalue weighted by molar-refractivity contribution is 5.73. The summed E-state index contributed by atoms with van der Waals surface area (Å²) in [6, 6.07) is 0. The number of carboxylic acids is 1. The van der Waals surface area contributed by atoms with Crippen LogP contribution in [0, 0.1) is 0 Å². The molecule has 0 aliphatic carbocycles. The monoisotopic (exact) mass is 266 g/mol. The Hall–Kier alpha value is -0.770. The molecule has 1 aliphatic heterocycles. The number of methoxy groups -OCH3 is 1. The third kappa shape index (κ3) is 3.37. The van der Waals surface area contributed by atoms with E-state index in [9.17, 15) is 20.1 Å². The number of aliphatic hydroxyl groups is 3. The largest absolute Gasteiger partial charge is 0.479 e. The number of carbonyl (C=O) groups is 1. The standard InChI is InChI=1S/C10H18O8/c1-4(3-16-2)17-10-7(13)5(11)6(12)8(18-10)9(14)15/h4-8,10-13H,3H2,1-2H3,(H,14,15)/t4?,5-,6-,7+,8-,10+/m0/s1. The molecule has 106 valence electrons. The quantitative estimate of drug-likeness (QED) is 0.447. The summed E-state index contributed by atoms with van der Waals surface area (Å²) < 4.78 is 14.9. The van der Waals surface area contributed by atoms with Crippen molar-refractivity contribution in [1.29, 1.82) is 0 Å². The van der Waals surface area contributed by atoms with Crippen LogP contribution in [0.25, 0.3) is 0 Å². The molecular formula is C10H18O8. The third-order valence-electron chi connectivity index (χ3n) is 2.58. The van der Waals surface area contributed by atoms with E-state index in [-0.39, 0.29) is 6.61 Å². The van der Waals surface area contributed by atoms with Gasteiger partial charge in [-0.05, 0) is 6.92 Å². The van der Waals surface area contributed by atoms with Crippen molar-refractivity contribution < 1.29 is 39.4 Å². The number of hydrogen-bond acceptors (Lipinski definition) is 7. The zero-order chi connectivity index (χ0) is 13.9. The van der Waals surface area contributed by atoms with Gasteiger partial charge >= 0.3 is 5.97 Å². The fraction of sp³-hybridized carbons (Fsp3) is 0.900. The smallest absolute Gasteiger partial charge is 0.335 e. The predicted molar refractivity (Wildman–Crippen MR) is 56.7 cm³/mol. The minimum absolute atomic E-state index is 0.211. The number of hydrogen-bond donors (Lipinski definition) is 4. The van der Waals surface area contributed by atoms with Gasteiger partial charge in [0.1, 0.15) is 18.3 Å². The van der Waals surface area contributed by atoms with Crippen LogP contribution >= 0.6 is 0 Å². The van der Waals surface area contributed by atoms with E-state index in [1.165, 1.54) is 7.11 Å². The molecule has 1 aliphatic rings. The Morgan fingerprint density at radius 1 is 1.28 bits per heavy atom. The Kier molecular flexibility index (Phi) is 5.45. The first-order chi connectivity index (χ1) is 8.38. The molecule has 1 rings (SSSR count). The average molecular weight is 266 g/mol. The summed E-state index contributed by atoms with van der Waals surface area (Å²) in [4.78, 5) is 10.8. The van der Waals surface area contributed by atoms with Crippen molar-refractivity contribution in [3.8, 4) is 0 Å². The fourth-order valence-corrected chi connectivity index (χ4v) is 1.67. The lowest BCUT2D eigenvalue weighted by atomic mass is 9.99. The van der Waals surface area contributed by atoms with Gasteiger partial charge in [0.2, 0.25) is 0 Å². The molecule has 1 saturated heterocycles. The first-order valence-corrected chi connectivity index (χ1v) is 5.45. The van der Waals surface area contributed by atoms with Gasteiger partial charge in [-0.2, -0.15) is 0 Å². The Bertz CT molecular complexity index is 283. The molecule has 8 nitrogen and oxygen atoms in total. The van der Waals surface area contributed by atoms with E-state index in [0.717, 1.165) is 0 Å². The molecule has 4 N–H and O–H groups in total. The van der Waals surface area contributed by atoms with Crippen molar-refractivity contribution in [1.82, 2.24) is 0 Å². The van der Waals surface area contributed by atoms with E-state index in [4.69, 9.17) is 19.3 Å². The number of ether oxygens (including phenoxy) is 3. The highest BCUT2D eigenvalue weighted by atomic mass is 16.7. The van der Waals surface area contributed by atoms with E-state index in [2.05, 4.69) is 0 Å². The van der Waals surface area contributed by atoms with Crippen LogP contribution in [0.1, 0.15) is 6.92 Å². The van der Waals surface area contributed by atoms with Crippen molar-refractivity contribution in [3.63, 3.8) is 0 Å². The molecule has 0 aromatic heterocycles. The van der Waals surface area contributed by atoms with Crippen LogP contribution in [0.4, 0.5) is 0 Å². The van der Waals surface area contributed by atoms with E-state index >= 15 is 0 Å². The van der Waals surface area contributed by atoms with E-state index < -0.39 is 42.8 Å². The van der Waals surface area contributed by atoms with Gasteiger partial charge in [-0.15, -0.1) is 0 Å². The fourth-order valence-electron chi connectivity index (χ4n) is 1.67. The molecule has 0 aromatic rings. The molecule has 8 heteroatoms. The maximum absolute atomic E-state index is 10.8. The SMILES string of the molecule is COCC(C)O[C@@H]1O[C@H](C(=O)O)[C@@H](O)[C@H](O)[C@H]1O. The Morgan fingerprint density at radius 2 is 1.89 bits per heavy atom. The van der Waals surface area contributed by atoms with Crippen molar-refractivity contribution in [3.05, 3.63) is 0 Å². The highest BCUT2D eigenvalue weighted by Gasteiger charge is 2.47. The van der Waals surface area contributed by atoms with Gasteiger partial charge in [-0.25, -0.2) is 4.79 Å². The summed E-state index contributed by atoms with van der Waals surface area (Å²) in [6.07, 6.45) is -8.35. The molecule has 1 unspecified atom stereocenters. The number of carboxylic acid groups (broad SMARTS) is 1. The van der Waals surface area contributed by atoms with E-state index in [0.29, 0.717) is 0 Å². The van der Waals surface area contributed by atoms with Crippen LogP contribution in [0.15, 0.2) is 0 Å². The van der Waals surface area contributed by atoms with Gasteiger partial charge in [0, 0.05) is 7.11 Å². The van der Waals surface area contributed by atoms with Crippen LogP contribution in [-0.2, 0) is 19.0 Å². The summed E-state index contributed by atoms with van der Waals surface area (Å²) in [6.45, 7) is 1.84. The van der Waals surface area contributed by atoms with Crippen LogP contribution in [0.5, 0.6) is 0 Å². The van der Waals surface area contributed by atoms with Gasteiger partial charge < -0.3 is 34.6 Å². The molecule has 0 radical (unpaired) electrons. The topological polar surface area (TPSA) is 126 Å². The molecule has 1 fully saturated rings. The zero-order valence-electron chi connectivity index (χ0n) is 10.1. The average Bonchev–Trinajstić information content (AvgIpc) is 2.30. The summed E-state index contributed by atoms with van der Waals surface area (Å²) in [7, 11) is 1.46. The second-order valence-corrected chi connectivity index (χ2v) is 4.14. The van der Waals surface area contributed by atoms with Crippen molar-refractivity contribution in [2.45, 2.75) is 43.7 Å². The third-order valence-corrected chi connectivity index (χ3v) is 2.58. The molecule has 0 spiro atoms. The Morgan fingerprint density at radius 3 is 2.39 bits per heavy atom. The number of aliphatic hydroxyl groups excluding tert-OH is 3. The highest BCUT2D eigenvalue weighted by Crippen LogP contribution is 2.23. The lowest BCUT2D eigenvalue weighted by molar-refractivity contribution is -0.305. The molecule has 0 saturated carbocycles. The second-order valence-electron chi connectivity index (χ2n) is 4.14. The number of aliphatic carboxylic acids is 1. The molecular weight excluding hydrogens is 248 g/mol. The molecule has 0 aromatic carbocycles. The van der Waals surface area contributed by atoms with E-state index in [1.807, 2.05) is 0 Å². The van der Waals surface area contributed by atoms with Gasteiger partial charge in [0.15, 0.2) is 12.4 Å². The first kappa shape index (κ1) is 15.3. The van der Waals surface area contributed by atoms with Gasteiger partial charge in [-0.1, -0.05) is 0 Å². The number of rotatable bonds is 5. The van der Waals surface area contributed by atoms with Crippen molar-refractivity contribution in [2.75, 3.05) is 13.7 Å². The molecule has 0 bridgehead atoms. The van der Waals surface area contributed by atoms with E-state index in [1.54, 1.807) is 6.92 Å². The molecule has 6 atom stereocenters. The first-order valence-electron chi connectivity index (χ1n) is 5.45. The van der Waals surface area contributed by atoms with Crippen molar-refractivity contribution in [2.24, 2.45) is 0 Å². The zero-order valence-corrected chi connectivity index (χ0v) is 10.1. The van der Waals surface area contributed by atoms with Gasteiger partial charge in [0.05, 0.1) is 12.7 Å². The molecule has 18 heavy (non-hydrogen) atoms. The minimum Gasteiger partial charge on any atom is -0.479 e. The Balaban J connectivity index is 2.69. The lowest BCUT2D eigenvalue weighted by Gasteiger charge is -2.39. The maximum atomic E-state index is 10.8. The van der Waals surface area contributed by atoms with Crippen LogP contribution in [0.2, 0.25) is 0 Å². The summed E-state index contributed by atoms with van der Waals surface area (Å²) in [5.74, 6) is -1.44. The summed E-state index contributed by atoms with van der Waals surface area (Å²) in [5, 5.41) is 37.4. The van der Waals surface area contributed by atoms with Crippen molar-refractivity contribution >= 4 is 5.97 Å². The molecule has 1 heterocycles. The van der Waals surface area contributed by atoms with Crippen LogP contribution in [0.3, 0.4) is 0 Å². The lowest BCUT2D eigenvalue weighted by Crippen LogP contribution is -2.60. The van der Waals surface area contributed by atoms with Gasteiger partial charge in [0.25, 0.3) is 0 Å². The Labute approximate surface area is 104 Å². The minimum atomic E-state index is -1.71. The summed E-state index contributed by atoms with van der Waals surface area (Å²) in [5.41, 5.74) is 0. The molecule has 0 amide bonds. The van der Waals surface area contributed by atoms with Gasteiger partial charge in [-0.3, -0.25) is 0 Å². The van der Waals surface area contributed by atoms with Crippen LogP contribution in [-0.4, -0.2) is 76.9 Å².